The van der Waals surface area contributed by atoms with E-state index in [0.29, 0.717) is 10.7 Å². The molecule has 1 aliphatic rings. The van der Waals surface area contributed by atoms with Gasteiger partial charge in [-0.3, -0.25) is 9.48 Å². The number of amides is 1. The predicted molar refractivity (Wildman–Crippen MR) is 95.1 cm³/mol. The van der Waals surface area contributed by atoms with Crippen LogP contribution in [0.3, 0.4) is 0 Å². The number of thiazole rings is 1. The number of anilines is 1. The Labute approximate surface area is 143 Å². The van der Waals surface area contributed by atoms with E-state index in [1.54, 1.807) is 6.07 Å². The molecule has 7 heteroatoms. The summed E-state index contributed by atoms with van der Waals surface area (Å²) in [4.78, 5) is 17.0. The standard InChI is InChI=1S/C17H19N5OS/c1-9-15-11(4-3-5-13(15)22(2)21-9)19-16(23)10-6-7-14-12(8-10)20-17(18)24-14/h6-8,11H,3-5H2,1-2H3,(H2,18,20)(H,19,23). The number of nitrogen functional groups attached to an aromatic ring is 1. The van der Waals surface area contributed by atoms with Crippen LogP contribution in [0.4, 0.5) is 5.13 Å². The third-order valence-corrected chi connectivity index (χ3v) is 5.48. The van der Waals surface area contributed by atoms with Crippen LogP contribution in [0.25, 0.3) is 10.2 Å². The molecule has 3 aromatic rings. The highest BCUT2D eigenvalue weighted by Gasteiger charge is 2.27. The number of nitrogens with two attached hydrogens (primary N) is 1. The summed E-state index contributed by atoms with van der Waals surface area (Å²) in [5, 5.41) is 8.20. The zero-order valence-corrected chi connectivity index (χ0v) is 14.5. The van der Waals surface area contributed by atoms with Gasteiger partial charge in [-0.1, -0.05) is 11.3 Å². The number of hydrogen-bond acceptors (Lipinski definition) is 5. The van der Waals surface area contributed by atoms with Crippen molar-refractivity contribution in [2.75, 3.05) is 5.73 Å². The van der Waals surface area contributed by atoms with Crippen molar-refractivity contribution in [3.63, 3.8) is 0 Å². The van der Waals surface area contributed by atoms with E-state index in [1.807, 2.05) is 30.8 Å². The van der Waals surface area contributed by atoms with E-state index >= 15 is 0 Å². The Morgan fingerprint density at radius 2 is 2.29 bits per heavy atom. The van der Waals surface area contributed by atoms with Crippen LogP contribution < -0.4 is 11.1 Å². The molecule has 6 nitrogen and oxygen atoms in total. The first-order valence-electron chi connectivity index (χ1n) is 8.02. The molecule has 0 saturated heterocycles. The van der Waals surface area contributed by atoms with Gasteiger partial charge in [-0.15, -0.1) is 0 Å². The number of rotatable bonds is 2. The molecular weight excluding hydrogens is 322 g/mol. The van der Waals surface area contributed by atoms with Crippen molar-refractivity contribution in [1.29, 1.82) is 0 Å². The second kappa shape index (κ2) is 5.59. The zero-order valence-electron chi connectivity index (χ0n) is 13.7. The van der Waals surface area contributed by atoms with E-state index in [-0.39, 0.29) is 11.9 Å². The van der Waals surface area contributed by atoms with Crippen LogP contribution in [0.2, 0.25) is 0 Å². The maximum Gasteiger partial charge on any atom is 0.251 e. The molecule has 1 aromatic carbocycles. The van der Waals surface area contributed by atoms with Gasteiger partial charge in [0.2, 0.25) is 0 Å². The van der Waals surface area contributed by atoms with E-state index < -0.39 is 0 Å². The van der Waals surface area contributed by atoms with E-state index in [2.05, 4.69) is 15.4 Å². The summed E-state index contributed by atoms with van der Waals surface area (Å²) in [5.74, 6) is -0.0791. The van der Waals surface area contributed by atoms with Gasteiger partial charge < -0.3 is 11.1 Å². The summed E-state index contributed by atoms with van der Waals surface area (Å²) in [5.41, 5.74) is 10.5. The minimum atomic E-state index is -0.0791. The topological polar surface area (TPSA) is 85.8 Å². The lowest BCUT2D eigenvalue weighted by Crippen LogP contribution is -2.31. The van der Waals surface area contributed by atoms with Gasteiger partial charge in [-0.25, -0.2) is 4.98 Å². The number of benzene rings is 1. The van der Waals surface area contributed by atoms with Gasteiger partial charge in [0, 0.05) is 23.9 Å². The highest BCUT2D eigenvalue weighted by atomic mass is 32.1. The molecule has 1 unspecified atom stereocenters. The fourth-order valence-corrected chi connectivity index (χ4v) is 4.28. The Balaban J connectivity index is 1.62. The van der Waals surface area contributed by atoms with Gasteiger partial charge in [0.25, 0.3) is 5.91 Å². The molecule has 0 spiro atoms. The van der Waals surface area contributed by atoms with Gasteiger partial charge >= 0.3 is 0 Å². The molecule has 1 atom stereocenters. The van der Waals surface area contributed by atoms with Crippen LogP contribution in [-0.4, -0.2) is 20.7 Å². The van der Waals surface area contributed by atoms with Crippen molar-refractivity contribution in [3.8, 4) is 0 Å². The fraction of sp³-hybridized carbons (Fsp3) is 0.353. The Morgan fingerprint density at radius 3 is 3.12 bits per heavy atom. The van der Waals surface area contributed by atoms with Crippen LogP contribution in [0, 0.1) is 6.92 Å². The summed E-state index contributed by atoms with van der Waals surface area (Å²) in [6.07, 6.45) is 3.01. The Kier molecular flexibility index (Phi) is 3.53. The van der Waals surface area contributed by atoms with Crippen molar-refractivity contribution in [2.24, 2.45) is 7.05 Å². The summed E-state index contributed by atoms with van der Waals surface area (Å²) < 4.78 is 2.93. The van der Waals surface area contributed by atoms with Crippen molar-refractivity contribution in [3.05, 3.63) is 40.7 Å². The number of aryl methyl sites for hydroxylation is 2. The number of fused-ring (bicyclic) bond motifs is 2. The molecule has 124 valence electrons. The molecule has 1 amide bonds. The average molecular weight is 341 g/mol. The molecular formula is C17H19N5OS. The van der Waals surface area contributed by atoms with Crippen molar-refractivity contribution in [1.82, 2.24) is 20.1 Å². The SMILES string of the molecule is Cc1nn(C)c2c1C(NC(=O)c1ccc3sc(N)nc3c1)CCC2. The lowest BCUT2D eigenvalue weighted by Gasteiger charge is -2.24. The average Bonchev–Trinajstić information content (AvgIpc) is 3.06. The van der Waals surface area contributed by atoms with Crippen LogP contribution in [0.1, 0.15) is 46.2 Å². The minimum Gasteiger partial charge on any atom is -0.375 e. The first-order valence-corrected chi connectivity index (χ1v) is 8.84. The van der Waals surface area contributed by atoms with E-state index in [1.165, 1.54) is 22.6 Å². The minimum absolute atomic E-state index is 0.0196. The number of carbonyl (C=O) groups is 1. The smallest absolute Gasteiger partial charge is 0.251 e. The number of nitrogens with zero attached hydrogens (tertiary/aromatic N) is 3. The van der Waals surface area contributed by atoms with Gasteiger partial charge in [0.05, 0.1) is 22.0 Å². The molecule has 0 bridgehead atoms. The van der Waals surface area contributed by atoms with E-state index in [4.69, 9.17) is 5.73 Å². The van der Waals surface area contributed by atoms with Crippen molar-refractivity contribution >= 4 is 32.6 Å². The predicted octanol–water partition coefficient (Wildman–Crippen LogP) is 2.73. The first-order chi connectivity index (χ1) is 11.5. The van der Waals surface area contributed by atoms with Gasteiger partial charge in [-0.05, 0) is 44.4 Å². The van der Waals surface area contributed by atoms with Gasteiger partial charge in [0.1, 0.15) is 0 Å². The maximum atomic E-state index is 12.7. The molecule has 1 aliphatic carbocycles. The Hall–Kier alpha value is -2.41. The normalized spacial score (nSPS) is 17.0. The summed E-state index contributed by atoms with van der Waals surface area (Å²) in [6.45, 7) is 2.01. The molecule has 24 heavy (non-hydrogen) atoms. The van der Waals surface area contributed by atoms with Gasteiger partial charge in [-0.2, -0.15) is 5.10 Å². The molecule has 4 rings (SSSR count). The lowest BCUT2D eigenvalue weighted by atomic mass is 9.90. The summed E-state index contributed by atoms with van der Waals surface area (Å²) in [6, 6.07) is 5.55. The largest absolute Gasteiger partial charge is 0.375 e. The van der Waals surface area contributed by atoms with Crippen LogP contribution >= 0.6 is 11.3 Å². The quantitative estimate of drug-likeness (QED) is 0.750. The third-order valence-electron chi connectivity index (χ3n) is 4.62. The number of nitrogens with one attached hydrogen (secondary N) is 1. The molecule has 0 radical (unpaired) electrons. The Bertz CT molecular complexity index is 942. The zero-order chi connectivity index (χ0) is 16.8. The molecule has 2 heterocycles. The third kappa shape index (κ3) is 2.45. The summed E-state index contributed by atoms with van der Waals surface area (Å²) in [7, 11) is 1.97. The van der Waals surface area contributed by atoms with Crippen LogP contribution in [-0.2, 0) is 13.5 Å². The Morgan fingerprint density at radius 1 is 1.46 bits per heavy atom. The highest BCUT2D eigenvalue weighted by molar-refractivity contribution is 7.22. The number of hydrogen-bond donors (Lipinski definition) is 2. The highest BCUT2D eigenvalue weighted by Crippen LogP contribution is 2.32. The second-order valence-corrected chi connectivity index (χ2v) is 7.28. The van der Waals surface area contributed by atoms with Gasteiger partial charge in [0.15, 0.2) is 5.13 Å². The van der Waals surface area contributed by atoms with E-state index in [9.17, 15) is 4.79 Å². The van der Waals surface area contributed by atoms with E-state index in [0.717, 1.165) is 35.2 Å². The lowest BCUT2D eigenvalue weighted by molar-refractivity contribution is 0.0932. The first kappa shape index (κ1) is 15.1. The molecule has 0 aliphatic heterocycles. The van der Waals surface area contributed by atoms with Crippen molar-refractivity contribution in [2.45, 2.75) is 32.2 Å². The molecule has 0 saturated carbocycles. The fourth-order valence-electron chi connectivity index (χ4n) is 3.56. The van der Waals surface area contributed by atoms with Crippen LogP contribution in [0.15, 0.2) is 18.2 Å². The number of carbonyl (C=O) groups excluding carboxylic acids is 1. The molecule has 0 fully saturated rings. The van der Waals surface area contributed by atoms with Crippen LogP contribution in [0.5, 0.6) is 0 Å². The molecule has 2 aromatic heterocycles. The molecule has 3 N–H and O–H groups in total. The van der Waals surface area contributed by atoms with Crippen molar-refractivity contribution < 1.29 is 4.79 Å². The second-order valence-electron chi connectivity index (χ2n) is 6.22. The maximum absolute atomic E-state index is 12.7. The monoisotopic (exact) mass is 341 g/mol. The number of aromatic nitrogens is 3. The summed E-state index contributed by atoms with van der Waals surface area (Å²) >= 11 is 1.43.